The second-order valence-corrected chi connectivity index (χ2v) is 4.00. The summed E-state index contributed by atoms with van der Waals surface area (Å²) in [6, 6.07) is 0. The number of carboxylic acids is 1. The minimum Gasteiger partial charge on any atom is -0.480 e. The maximum absolute atomic E-state index is 11.6. The van der Waals surface area contributed by atoms with Gasteiger partial charge in [0.1, 0.15) is 6.54 Å². The first kappa shape index (κ1) is 12.0. The van der Waals surface area contributed by atoms with Crippen LogP contribution in [0.3, 0.4) is 0 Å². The molecule has 86 valence electrons. The second kappa shape index (κ2) is 5.70. The minimum atomic E-state index is -1.01. The van der Waals surface area contributed by atoms with E-state index >= 15 is 0 Å². The Labute approximate surface area is 89.0 Å². The first-order valence-electron chi connectivity index (χ1n) is 5.34. The third-order valence-electron chi connectivity index (χ3n) is 2.96. The van der Waals surface area contributed by atoms with E-state index in [0.717, 1.165) is 25.7 Å². The van der Waals surface area contributed by atoms with Crippen LogP contribution in [0.4, 0.5) is 0 Å². The third kappa shape index (κ3) is 3.51. The summed E-state index contributed by atoms with van der Waals surface area (Å²) in [5.74, 6) is -1.05. The Morgan fingerprint density at radius 2 is 2.00 bits per heavy atom. The van der Waals surface area contributed by atoms with Crippen molar-refractivity contribution in [3.8, 4) is 0 Å². The summed E-state index contributed by atoms with van der Waals surface area (Å²) in [4.78, 5) is 21.9. The molecule has 0 aromatic carbocycles. The van der Waals surface area contributed by atoms with Crippen LogP contribution < -0.4 is 11.1 Å². The average Bonchev–Trinajstić information content (AvgIpc) is 2.25. The van der Waals surface area contributed by atoms with Crippen LogP contribution in [-0.2, 0) is 9.59 Å². The van der Waals surface area contributed by atoms with E-state index < -0.39 is 5.97 Å². The van der Waals surface area contributed by atoms with Gasteiger partial charge in [0.2, 0.25) is 5.91 Å². The first-order chi connectivity index (χ1) is 7.15. The average molecular weight is 214 g/mol. The lowest BCUT2D eigenvalue weighted by Gasteiger charge is -2.29. The lowest BCUT2D eigenvalue weighted by molar-refractivity contribution is -0.139. The molecular weight excluding hydrogens is 196 g/mol. The number of carboxylic acid groups (broad SMARTS) is 1. The van der Waals surface area contributed by atoms with E-state index in [0.29, 0.717) is 6.54 Å². The molecule has 5 heteroatoms. The number of rotatable bonds is 4. The van der Waals surface area contributed by atoms with Gasteiger partial charge in [-0.25, -0.2) is 0 Å². The van der Waals surface area contributed by atoms with Crippen molar-refractivity contribution >= 4 is 11.9 Å². The monoisotopic (exact) mass is 214 g/mol. The van der Waals surface area contributed by atoms with Gasteiger partial charge in [-0.1, -0.05) is 12.8 Å². The SMILES string of the molecule is NCC1CCCCC1C(=O)NCC(=O)O. The molecule has 0 bridgehead atoms. The summed E-state index contributed by atoms with van der Waals surface area (Å²) in [5.41, 5.74) is 5.59. The van der Waals surface area contributed by atoms with Crippen molar-refractivity contribution in [2.24, 2.45) is 17.6 Å². The number of carbonyl (C=O) groups excluding carboxylic acids is 1. The van der Waals surface area contributed by atoms with Gasteiger partial charge in [0.05, 0.1) is 0 Å². The largest absolute Gasteiger partial charge is 0.480 e. The normalized spacial score (nSPS) is 25.9. The molecular formula is C10H18N2O3. The van der Waals surface area contributed by atoms with Crippen LogP contribution in [0.25, 0.3) is 0 Å². The van der Waals surface area contributed by atoms with Crippen molar-refractivity contribution in [1.29, 1.82) is 0 Å². The Morgan fingerprint density at radius 3 is 2.60 bits per heavy atom. The van der Waals surface area contributed by atoms with Gasteiger partial charge in [-0.3, -0.25) is 9.59 Å². The van der Waals surface area contributed by atoms with Crippen LogP contribution in [0.2, 0.25) is 0 Å². The van der Waals surface area contributed by atoms with Gasteiger partial charge in [-0.2, -0.15) is 0 Å². The molecule has 0 saturated heterocycles. The molecule has 1 saturated carbocycles. The fourth-order valence-electron chi connectivity index (χ4n) is 2.13. The molecule has 1 fully saturated rings. The number of nitrogens with two attached hydrogens (primary N) is 1. The van der Waals surface area contributed by atoms with Crippen molar-refractivity contribution in [3.05, 3.63) is 0 Å². The lowest BCUT2D eigenvalue weighted by Crippen LogP contribution is -2.41. The number of amides is 1. The molecule has 0 radical (unpaired) electrons. The summed E-state index contributed by atoms with van der Waals surface area (Å²) in [6.45, 7) is 0.206. The molecule has 1 rings (SSSR count). The quantitative estimate of drug-likeness (QED) is 0.612. The Morgan fingerprint density at radius 1 is 1.33 bits per heavy atom. The van der Waals surface area contributed by atoms with E-state index in [1.807, 2.05) is 0 Å². The molecule has 0 aliphatic heterocycles. The van der Waals surface area contributed by atoms with Crippen LogP contribution in [0.5, 0.6) is 0 Å². The van der Waals surface area contributed by atoms with E-state index in [2.05, 4.69) is 5.32 Å². The third-order valence-corrected chi connectivity index (χ3v) is 2.96. The smallest absolute Gasteiger partial charge is 0.322 e. The van der Waals surface area contributed by atoms with Crippen LogP contribution in [0.15, 0.2) is 0 Å². The van der Waals surface area contributed by atoms with Gasteiger partial charge >= 0.3 is 5.97 Å². The summed E-state index contributed by atoms with van der Waals surface area (Å²) >= 11 is 0. The molecule has 0 heterocycles. The van der Waals surface area contributed by atoms with E-state index in [1.165, 1.54) is 0 Å². The van der Waals surface area contributed by atoms with Gasteiger partial charge in [0.25, 0.3) is 0 Å². The maximum Gasteiger partial charge on any atom is 0.322 e. The fraction of sp³-hybridized carbons (Fsp3) is 0.800. The molecule has 4 N–H and O–H groups in total. The molecule has 0 spiro atoms. The highest BCUT2D eigenvalue weighted by molar-refractivity contribution is 5.83. The molecule has 15 heavy (non-hydrogen) atoms. The highest BCUT2D eigenvalue weighted by atomic mass is 16.4. The topological polar surface area (TPSA) is 92.4 Å². The van der Waals surface area contributed by atoms with E-state index in [9.17, 15) is 9.59 Å². The summed E-state index contributed by atoms with van der Waals surface area (Å²) in [7, 11) is 0. The van der Waals surface area contributed by atoms with Crippen LogP contribution in [0.1, 0.15) is 25.7 Å². The standard InChI is InChI=1S/C10H18N2O3/c11-5-7-3-1-2-4-8(7)10(15)12-6-9(13)14/h7-8H,1-6,11H2,(H,12,15)(H,13,14). The molecule has 5 nitrogen and oxygen atoms in total. The number of hydrogen-bond donors (Lipinski definition) is 3. The fourth-order valence-corrected chi connectivity index (χ4v) is 2.13. The number of nitrogens with one attached hydrogen (secondary N) is 1. The van der Waals surface area contributed by atoms with E-state index in [1.54, 1.807) is 0 Å². The zero-order valence-corrected chi connectivity index (χ0v) is 8.74. The molecule has 1 aliphatic rings. The Hall–Kier alpha value is -1.10. The Balaban J connectivity index is 2.44. The predicted octanol–water partition coefficient (Wildman–Crippen LogP) is -0.0477. The molecule has 1 amide bonds. The summed E-state index contributed by atoms with van der Waals surface area (Å²) in [6.07, 6.45) is 3.95. The minimum absolute atomic E-state index is 0.0944. The highest BCUT2D eigenvalue weighted by Gasteiger charge is 2.29. The summed E-state index contributed by atoms with van der Waals surface area (Å²) in [5, 5.41) is 10.9. The van der Waals surface area contributed by atoms with Crippen LogP contribution in [0, 0.1) is 11.8 Å². The van der Waals surface area contributed by atoms with Crippen molar-refractivity contribution < 1.29 is 14.7 Å². The maximum atomic E-state index is 11.6. The van der Waals surface area contributed by atoms with Gasteiger partial charge in [-0.05, 0) is 25.3 Å². The predicted molar refractivity (Wildman–Crippen MR) is 55.1 cm³/mol. The van der Waals surface area contributed by atoms with Crippen molar-refractivity contribution in [1.82, 2.24) is 5.32 Å². The molecule has 0 aromatic heterocycles. The molecule has 2 atom stereocenters. The van der Waals surface area contributed by atoms with Crippen molar-refractivity contribution in [2.45, 2.75) is 25.7 Å². The Kier molecular flexibility index (Phi) is 4.55. The van der Waals surface area contributed by atoms with Gasteiger partial charge in [-0.15, -0.1) is 0 Å². The van der Waals surface area contributed by atoms with Crippen molar-refractivity contribution in [2.75, 3.05) is 13.1 Å². The van der Waals surface area contributed by atoms with Gasteiger partial charge < -0.3 is 16.2 Å². The number of aliphatic carboxylic acids is 1. The number of carbonyl (C=O) groups is 2. The van der Waals surface area contributed by atoms with Gasteiger partial charge in [0, 0.05) is 5.92 Å². The molecule has 2 unspecified atom stereocenters. The van der Waals surface area contributed by atoms with Crippen LogP contribution in [-0.4, -0.2) is 30.1 Å². The number of hydrogen-bond acceptors (Lipinski definition) is 3. The van der Waals surface area contributed by atoms with Gasteiger partial charge in [0.15, 0.2) is 0 Å². The molecule has 1 aliphatic carbocycles. The molecule has 0 aromatic rings. The zero-order chi connectivity index (χ0) is 11.3. The zero-order valence-electron chi connectivity index (χ0n) is 8.74. The summed E-state index contributed by atoms with van der Waals surface area (Å²) < 4.78 is 0. The Bertz CT molecular complexity index is 243. The first-order valence-corrected chi connectivity index (χ1v) is 5.34. The van der Waals surface area contributed by atoms with Crippen LogP contribution >= 0.6 is 0 Å². The highest BCUT2D eigenvalue weighted by Crippen LogP contribution is 2.29. The van der Waals surface area contributed by atoms with E-state index in [-0.39, 0.29) is 24.3 Å². The van der Waals surface area contributed by atoms with Crippen molar-refractivity contribution in [3.63, 3.8) is 0 Å². The second-order valence-electron chi connectivity index (χ2n) is 4.00. The lowest BCUT2D eigenvalue weighted by atomic mass is 9.79. The van der Waals surface area contributed by atoms with E-state index in [4.69, 9.17) is 10.8 Å².